The van der Waals surface area contributed by atoms with Crippen molar-refractivity contribution in [3.05, 3.63) is 47.5 Å². The van der Waals surface area contributed by atoms with Crippen molar-refractivity contribution >= 4 is 24.2 Å². The Bertz CT molecular complexity index is 867. The van der Waals surface area contributed by atoms with E-state index in [1.54, 1.807) is 0 Å². The molecule has 0 atom stereocenters. The van der Waals surface area contributed by atoms with Crippen molar-refractivity contribution in [2.45, 2.75) is 19.3 Å². The second-order valence-electron chi connectivity index (χ2n) is 5.93. The SMILES string of the molecule is O=C(CCCC(=O)NN=Cc1ccc(O)cc1O)NN=Cc1ccc(O)cc1O. The first-order valence-corrected chi connectivity index (χ1v) is 8.53. The zero-order valence-electron chi connectivity index (χ0n) is 15.2. The Morgan fingerprint density at radius 1 is 0.759 bits per heavy atom. The van der Waals surface area contributed by atoms with Crippen LogP contribution in [0.5, 0.6) is 23.0 Å². The van der Waals surface area contributed by atoms with Gasteiger partial charge in [-0.3, -0.25) is 9.59 Å². The number of carbonyl (C=O) groups is 2. The lowest BCUT2D eigenvalue weighted by Crippen LogP contribution is -2.20. The number of benzene rings is 2. The van der Waals surface area contributed by atoms with Crippen LogP contribution >= 0.6 is 0 Å². The monoisotopic (exact) mass is 400 g/mol. The highest BCUT2D eigenvalue weighted by atomic mass is 16.3. The summed E-state index contributed by atoms with van der Waals surface area (Å²) >= 11 is 0. The average Bonchev–Trinajstić information content (AvgIpc) is 2.65. The summed E-state index contributed by atoms with van der Waals surface area (Å²) in [5.41, 5.74) is 5.18. The van der Waals surface area contributed by atoms with Crippen LogP contribution in [0.15, 0.2) is 46.6 Å². The van der Waals surface area contributed by atoms with E-state index in [9.17, 15) is 30.0 Å². The second-order valence-corrected chi connectivity index (χ2v) is 5.93. The van der Waals surface area contributed by atoms with Crippen molar-refractivity contribution in [2.75, 3.05) is 0 Å². The number of phenolic OH excluding ortho intramolecular Hbond substituents is 4. The molecule has 0 heterocycles. The molecule has 2 rings (SSSR count). The number of phenols is 4. The van der Waals surface area contributed by atoms with Gasteiger partial charge in [0.2, 0.25) is 11.8 Å². The second kappa shape index (κ2) is 10.3. The predicted molar refractivity (Wildman–Crippen MR) is 105 cm³/mol. The molecule has 2 aromatic carbocycles. The fourth-order valence-electron chi connectivity index (χ4n) is 2.15. The highest BCUT2D eigenvalue weighted by molar-refractivity contribution is 5.86. The van der Waals surface area contributed by atoms with Crippen LogP contribution in [0.3, 0.4) is 0 Å². The molecule has 0 radical (unpaired) electrons. The average molecular weight is 400 g/mol. The van der Waals surface area contributed by atoms with Crippen molar-refractivity contribution in [3.8, 4) is 23.0 Å². The van der Waals surface area contributed by atoms with Crippen molar-refractivity contribution in [1.29, 1.82) is 0 Å². The molecule has 0 spiro atoms. The molecule has 0 saturated heterocycles. The van der Waals surface area contributed by atoms with Gasteiger partial charge < -0.3 is 20.4 Å². The Balaban J connectivity index is 1.68. The summed E-state index contributed by atoms with van der Waals surface area (Å²) < 4.78 is 0. The molecule has 0 saturated carbocycles. The number of aromatic hydroxyl groups is 4. The van der Waals surface area contributed by atoms with Gasteiger partial charge in [-0.2, -0.15) is 10.2 Å². The molecule has 2 amide bonds. The van der Waals surface area contributed by atoms with Gasteiger partial charge in [0.15, 0.2) is 0 Å². The van der Waals surface area contributed by atoms with E-state index in [0.717, 1.165) is 12.1 Å². The molecule has 10 heteroatoms. The van der Waals surface area contributed by atoms with E-state index in [4.69, 9.17) is 0 Å². The van der Waals surface area contributed by atoms with Gasteiger partial charge in [-0.05, 0) is 30.7 Å². The Kier molecular flexibility index (Phi) is 7.54. The molecule has 0 aromatic heterocycles. The first kappa shape index (κ1) is 21.2. The van der Waals surface area contributed by atoms with Crippen LogP contribution in [0, 0.1) is 0 Å². The van der Waals surface area contributed by atoms with Gasteiger partial charge in [0.1, 0.15) is 23.0 Å². The van der Waals surface area contributed by atoms with E-state index in [1.165, 1.54) is 36.7 Å². The molecule has 0 fully saturated rings. The number of carbonyl (C=O) groups excluding carboxylic acids is 2. The molecule has 0 aliphatic carbocycles. The van der Waals surface area contributed by atoms with Crippen LogP contribution in [-0.2, 0) is 9.59 Å². The molecule has 0 aliphatic heterocycles. The van der Waals surface area contributed by atoms with E-state index in [0.29, 0.717) is 11.1 Å². The first-order chi connectivity index (χ1) is 13.8. The third-order valence-electron chi connectivity index (χ3n) is 3.62. The highest BCUT2D eigenvalue weighted by Crippen LogP contribution is 2.21. The number of amides is 2. The topological polar surface area (TPSA) is 164 Å². The van der Waals surface area contributed by atoms with Gasteiger partial charge >= 0.3 is 0 Å². The fraction of sp³-hybridized carbons (Fsp3) is 0.158. The summed E-state index contributed by atoms with van der Waals surface area (Å²) in [5, 5.41) is 44.9. The maximum absolute atomic E-state index is 11.7. The van der Waals surface area contributed by atoms with Crippen LogP contribution in [-0.4, -0.2) is 44.7 Å². The minimum Gasteiger partial charge on any atom is -0.508 e. The number of hydrogen-bond acceptors (Lipinski definition) is 8. The molecule has 152 valence electrons. The number of hydrazone groups is 2. The molecular formula is C19H20N4O6. The summed E-state index contributed by atoms with van der Waals surface area (Å²) in [4.78, 5) is 23.4. The third kappa shape index (κ3) is 7.21. The Morgan fingerprint density at radius 3 is 1.55 bits per heavy atom. The summed E-state index contributed by atoms with van der Waals surface area (Å²) in [5.74, 6) is -1.37. The summed E-state index contributed by atoms with van der Waals surface area (Å²) in [6.45, 7) is 0. The predicted octanol–water partition coefficient (Wildman–Crippen LogP) is 1.28. The van der Waals surface area contributed by atoms with E-state index < -0.39 is 11.8 Å². The third-order valence-corrected chi connectivity index (χ3v) is 3.62. The Hall–Kier alpha value is -4.08. The van der Waals surface area contributed by atoms with E-state index in [1.807, 2.05) is 0 Å². The molecule has 29 heavy (non-hydrogen) atoms. The number of rotatable bonds is 8. The Labute approximate surface area is 165 Å². The maximum Gasteiger partial charge on any atom is 0.240 e. The quantitative estimate of drug-likeness (QED) is 0.289. The van der Waals surface area contributed by atoms with Crippen molar-refractivity contribution in [2.24, 2.45) is 10.2 Å². The number of hydrogen-bond donors (Lipinski definition) is 6. The molecule has 0 bridgehead atoms. The van der Waals surface area contributed by atoms with E-state index in [2.05, 4.69) is 21.1 Å². The standard InChI is InChI=1S/C19H20N4O6/c24-14-6-4-12(16(26)8-14)10-20-22-18(28)2-1-3-19(29)23-21-11-13-5-7-15(25)9-17(13)27/h4-11,24-27H,1-3H2,(H,22,28)(H,23,29). The minimum atomic E-state index is -0.412. The molecular weight excluding hydrogens is 380 g/mol. The number of nitrogens with one attached hydrogen (secondary N) is 2. The van der Waals surface area contributed by atoms with Crippen LogP contribution in [0.25, 0.3) is 0 Å². The lowest BCUT2D eigenvalue weighted by molar-refractivity contribution is -0.122. The number of nitrogens with zero attached hydrogens (tertiary/aromatic N) is 2. The summed E-state index contributed by atoms with van der Waals surface area (Å²) in [6.07, 6.45) is 2.82. The molecule has 0 aliphatic rings. The van der Waals surface area contributed by atoms with Gasteiger partial charge in [0, 0.05) is 36.1 Å². The van der Waals surface area contributed by atoms with Crippen LogP contribution in [0.4, 0.5) is 0 Å². The van der Waals surface area contributed by atoms with Gasteiger partial charge in [-0.15, -0.1) is 0 Å². The maximum atomic E-state index is 11.7. The van der Waals surface area contributed by atoms with E-state index in [-0.39, 0.29) is 42.3 Å². The summed E-state index contributed by atoms with van der Waals surface area (Å²) in [6, 6.07) is 7.90. The molecule has 10 nitrogen and oxygen atoms in total. The van der Waals surface area contributed by atoms with Crippen molar-refractivity contribution in [3.63, 3.8) is 0 Å². The highest BCUT2D eigenvalue weighted by Gasteiger charge is 2.05. The Morgan fingerprint density at radius 2 is 1.17 bits per heavy atom. The largest absolute Gasteiger partial charge is 0.508 e. The normalized spacial score (nSPS) is 11.0. The summed E-state index contributed by atoms with van der Waals surface area (Å²) in [7, 11) is 0. The smallest absolute Gasteiger partial charge is 0.240 e. The fourth-order valence-corrected chi connectivity index (χ4v) is 2.15. The van der Waals surface area contributed by atoms with Gasteiger partial charge in [-0.25, -0.2) is 10.9 Å². The van der Waals surface area contributed by atoms with Crippen molar-refractivity contribution in [1.82, 2.24) is 10.9 Å². The molecule has 6 N–H and O–H groups in total. The van der Waals surface area contributed by atoms with Crippen LogP contribution < -0.4 is 10.9 Å². The minimum absolute atomic E-state index is 0.0504. The van der Waals surface area contributed by atoms with Gasteiger partial charge in [0.05, 0.1) is 12.4 Å². The zero-order valence-corrected chi connectivity index (χ0v) is 15.2. The van der Waals surface area contributed by atoms with Crippen LogP contribution in [0.1, 0.15) is 30.4 Å². The van der Waals surface area contributed by atoms with Crippen LogP contribution in [0.2, 0.25) is 0 Å². The van der Waals surface area contributed by atoms with E-state index >= 15 is 0 Å². The van der Waals surface area contributed by atoms with Gasteiger partial charge in [0.25, 0.3) is 0 Å². The zero-order chi connectivity index (χ0) is 21.2. The molecule has 2 aromatic rings. The first-order valence-electron chi connectivity index (χ1n) is 8.53. The molecule has 0 unspecified atom stereocenters. The lowest BCUT2D eigenvalue weighted by atomic mass is 10.2. The lowest BCUT2D eigenvalue weighted by Gasteiger charge is -2.02. The van der Waals surface area contributed by atoms with Gasteiger partial charge in [-0.1, -0.05) is 0 Å². The van der Waals surface area contributed by atoms with Crippen molar-refractivity contribution < 1.29 is 30.0 Å².